The largest absolute Gasteiger partial charge is 0.341 e. The summed E-state index contributed by atoms with van der Waals surface area (Å²) in [6.07, 6.45) is 1.90. The summed E-state index contributed by atoms with van der Waals surface area (Å²) >= 11 is 5.85. The van der Waals surface area contributed by atoms with Crippen molar-refractivity contribution < 1.29 is 4.79 Å². The van der Waals surface area contributed by atoms with Gasteiger partial charge in [0.15, 0.2) is 0 Å². The summed E-state index contributed by atoms with van der Waals surface area (Å²) < 4.78 is 0. The van der Waals surface area contributed by atoms with E-state index in [-0.39, 0.29) is 24.2 Å². The Labute approximate surface area is 125 Å². The van der Waals surface area contributed by atoms with Gasteiger partial charge in [-0.1, -0.05) is 23.7 Å². The third-order valence-corrected chi connectivity index (χ3v) is 3.65. The topological polar surface area (TPSA) is 32.3 Å². The SMILES string of the molecule is CN(Cc1ccc(Cl)cc1)C(=O)C1CCNCC1.Cl. The van der Waals surface area contributed by atoms with Crippen molar-refractivity contribution in [3.05, 3.63) is 34.9 Å². The molecule has 1 fully saturated rings. The number of carbonyl (C=O) groups excluding carboxylic acids is 1. The van der Waals surface area contributed by atoms with Gasteiger partial charge >= 0.3 is 0 Å². The molecule has 0 atom stereocenters. The molecular weight excluding hydrogens is 283 g/mol. The molecule has 2 rings (SSSR count). The van der Waals surface area contributed by atoms with Crippen molar-refractivity contribution in [2.24, 2.45) is 5.92 Å². The normalized spacial score (nSPS) is 15.7. The van der Waals surface area contributed by atoms with E-state index in [1.807, 2.05) is 36.2 Å². The van der Waals surface area contributed by atoms with Crippen molar-refractivity contribution in [2.75, 3.05) is 20.1 Å². The van der Waals surface area contributed by atoms with Crippen LogP contribution in [0.4, 0.5) is 0 Å². The minimum Gasteiger partial charge on any atom is -0.341 e. The zero-order chi connectivity index (χ0) is 13.0. The predicted molar refractivity (Wildman–Crippen MR) is 80.8 cm³/mol. The lowest BCUT2D eigenvalue weighted by Crippen LogP contribution is -2.38. The summed E-state index contributed by atoms with van der Waals surface area (Å²) in [5.41, 5.74) is 1.11. The highest BCUT2D eigenvalue weighted by molar-refractivity contribution is 6.30. The Bertz CT molecular complexity index is 402. The second-order valence-corrected chi connectivity index (χ2v) is 5.28. The van der Waals surface area contributed by atoms with E-state index in [4.69, 9.17) is 11.6 Å². The van der Waals surface area contributed by atoms with E-state index in [2.05, 4.69) is 5.32 Å². The van der Waals surface area contributed by atoms with Crippen LogP contribution in [0.15, 0.2) is 24.3 Å². The van der Waals surface area contributed by atoms with Gasteiger partial charge in [0, 0.05) is 24.5 Å². The highest BCUT2D eigenvalue weighted by Crippen LogP contribution is 2.16. The van der Waals surface area contributed by atoms with Gasteiger partial charge in [0.05, 0.1) is 0 Å². The van der Waals surface area contributed by atoms with Crippen LogP contribution in [-0.2, 0) is 11.3 Å². The molecule has 0 aliphatic carbocycles. The molecule has 0 saturated carbocycles. The van der Waals surface area contributed by atoms with Gasteiger partial charge in [-0.15, -0.1) is 12.4 Å². The Balaban J connectivity index is 0.00000180. The van der Waals surface area contributed by atoms with E-state index < -0.39 is 0 Å². The highest BCUT2D eigenvalue weighted by Gasteiger charge is 2.23. The smallest absolute Gasteiger partial charge is 0.225 e. The Hall–Kier alpha value is -0.770. The maximum Gasteiger partial charge on any atom is 0.225 e. The first kappa shape index (κ1) is 16.3. The number of carbonyl (C=O) groups is 1. The summed E-state index contributed by atoms with van der Waals surface area (Å²) in [4.78, 5) is 14.1. The van der Waals surface area contributed by atoms with E-state index in [0.29, 0.717) is 6.54 Å². The number of rotatable bonds is 3. The Kier molecular flexibility index (Phi) is 6.63. The average molecular weight is 303 g/mol. The molecule has 1 N–H and O–H groups in total. The second kappa shape index (κ2) is 7.73. The van der Waals surface area contributed by atoms with Crippen LogP contribution in [0.25, 0.3) is 0 Å². The van der Waals surface area contributed by atoms with Gasteiger partial charge in [-0.05, 0) is 43.6 Å². The molecule has 1 aromatic carbocycles. The fraction of sp³-hybridized carbons (Fsp3) is 0.500. The summed E-state index contributed by atoms with van der Waals surface area (Å²) in [6.45, 7) is 2.55. The number of hydrogen-bond donors (Lipinski definition) is 1. The van der Waals surface area contributed by atoms with Crippen molar-refractivity contribution in [1.82, 2.24) is 10.2 Å². The molecule has 0 spiro atoms. The number of hydrogen-bond acceptors (Lipinski definition) is 2. The standard InChI is InChI=1S/C14H19ClN2O.ClH/c1-17(10-11-2-4-13(15)5-3-11)14(18)12-6-8-16-9-7-12;/h2-5,12,16H,6-10H2,1H3;1H. The molecule has 0 bridgehead atoms. The third-order valence-electron chi connectivity index (χ3n) is 3.40. The molecule has 1 aromatic rings. The van der Waals surface area contributed by atoms with Crippen LogP contribution in [0.3, 0.4) is 0 Å². The zero-order valence-corrected chi connectivity index (χ0v) is 12.6. The van der Waals surface area contributed by atoms with Gasteiger partial charge in [0.25, 0.3) is 0 Å². The van der Waals surface area contributed by atoms with Gasteiger partial charge in [-0.2, -0.15) is 0 Å². The summed E-state index contributed by atoms with van der Waals surface area (Å²) in [7, 11) is 1.87. The molecule has 1 aliphatic rings. The minimum absolute atomic E-state index is 0. The van der Waals surface area contributed by atoms with E-state index in [0.717, 1.165) is 36.5 Å². The van der Waals surface area contributed by atoms with Crippen molar-refractivity contribution >= 4 is 29.9 Å². The van der Waals surface area contributed by atoms with Crippen LogP contribution >= 0.6 is 24.0 Å². The van der Waals surface area contributed by atoms with E-state index >= 15 is 0 Å². The number of nitrogens with one attached hydrogen (secondary N) is 1. The van der Waals surface area contributed by atoms with Crippen molar-refractivity contribution in [3.8, 4) is 0 Å². The first-order valence-electron chi connectivity index (χ1n) is 6.37. The second-order valence-electron chi connectivity index (χ2n) is 4.85. The van der Waals surface area contributed by atoms with E-state index in [1.165, 1.54) is 0 Å². The van der Waals surface area contributed by atoms with Crippen LogP contribution in [0.1, 0.15) is 18.4 Å². The molecule has 1 heterocycles. The number of piperidine rings is 1. The van der Waals surface area contributed by atoms with Gasteiger partial charge in [-0.25, -0.2) is 0 Å². The Morgan fingerprint density at radius 3 is 2.47 bits per heavy atom. The minimum atomic E-state index is 0. The van der Waals surface area contributed by atoms with Gasteiger partial charge < -0.3 is 10.2 Å². The molecule has 106 valence electrons. The molecule has 5 heteroatoms. The van der Waals surface area contributed by atoms with Crippen molar-refractivity contribution in [2.45, 2.75) is 19.4 Å². The maximum atomic E-state index is 12.2. The molecule has 19 heavy (non-hydrogen) atoms. The van der Waals surface area contributed by atoms with Crippen LogP contribution in [0.2, 0.25) is 5.02 Å². The fourth-order valence-corrected chi connectivity index (χ4v) is 2.45. The van der Waals surface area contributed by atoms with E-state index in [9.17, 15) is 4.79 Å². The Morgan fingerprint density at radius 1 is 1.32 bits per heavy atom. The Morgan fingerprint density at radius 2 is 1.89 bits per heavy atom. The molecule has 0 unspecified atom stereocenters. The van der Waals surface area contributed by atoms with Gasteiger partial charge in [-0.3, -0.25) is 4.79 Å². The number of amides is 1. The quantitative estimate of drug-likeness (QED) is 0.931. The predicted octanol–water partition coefficient (Wildman–Crippen LogP) is 2.72. The molecule has 0 radical (unpaired) electrons. The number of halogens is 2. The summed E-state index contributed by atoms with van der Waals surface area (Å²) in [6, 6.07) is 7.66. The lowest BCUT2D eigenvalue weighted by molar-refractivity contribution is -0.135. The molecule has 0 aromatic heterocycles. The lowest BCUT2D eigenvalue weighted by Gasteiger charge is -2.27. The van der Waals surface area contributed by atoms with Gasteiger partial charge in [0.2, 0.25) is 5.91 Å². The number of nitrogens with zero attached hydrogens (tertiary/aromatic N) is 1. The highest BCUT2D eigenvalue weighted by atomic mass is 35.5. The zero-order valence-electron chi connectivity index (χ0n) is 11.1. The number of benzene rings is 1. The molecular formula is C14H20Cl2N2O. The lowest BCUT2D eigenvalue weighted by atomic mass is 9.96. The van der Waals surface area contributed by atoms with Crippen molar-refractivity contribution in [1.29, 1.82) is 0 Å². The fourth-order valence-electron chi connectivity index (χ4n) is 2.32. The summed E-state index contributed by atoms with van der Waals surface area (Å²) in [5, 5.41) is 4.01. The molecule has 3 nitrogen and oxygen atoms in total. The van der Waals surface area contributed by atoms with E-state index in [1.54, 1.807) is 0 Å². The van der Waals surface area contributed by atoms with Crippen LogP contribution in [0.5, 0.6) is 0 Å². The average Bonchev–Trinajstić information content (AvgIpc) is 2.41. The van der Waals surface area contributed by atoms with Crippen LogP contribution < -0.4 is 5.32 Å². The van der Waals surface area contributed by atoms with Crippen LogP contribution in [0, 0.1) is 5.92 Å². The molecule has 1 saturated heterocycles. The molecule has 1 amide bonds. The first-order valence-corrected chi connectivity index (χ1v) is 6.75. The third kappa shape index (κ3) is 4.68. The van der Waals surface area contributed by atoms with Gasteiger partial charge in [0.1, 0.15) is 0 Å². The van der Waals surface area contributed by atoms with Crippen molar-refractivity contribution in [3.63, 3.8) is 0 Å². The first-order chi connectivity index (χ1) is 8.66. The maximum absolute atomic E-state index is 12.2. The molecule has 1 aliphatic heterocycles. The van der Waals surface area contributed by atoms with Crippen LogP contribution in [-0.4, -0.2) is 30.9 Å². The summed E-state index contributed by atoms with van der Waals surface area (Å²) in [5.74, 6) is 0.440. The monoisotopic (exact) mass is 302 g/mol.